The lowest BCUT2D eigenvalue weighted by atomic mass is 10.0. The summed E-state index contributed by atoms with van der Waals surface area (Å²) in [5, 5.41) is 0. The van der Waals surface area contributed by atoms with Crippen LogP contribution in [0.5, 0.6) is 23.0 Å². The van der Waals surface area contributed by atoms with E-state index in [-0.39, 0.29) is 34.6 Å². The average Bonchev–Trinajstić information content (AvgIpc) is 2.93. The predicted molar refractivity (Wildman–Crippen MR) is 132 cm³/mol. The molecule has 0 saturated carbocycles. The molecule has 4 aromatic rings. The molecular weight excluding hydrogens is 460 g/mol. The molecule has 0 spiro atoms. The van der Waals surface area contributed by atoms with Crippen LogP contribution in [0.25, 0.3) is 0 Å². The van der Waals surface area contributed by atoms with E-state index in [1.165, 1.54) is 38.5 Å². The van der Waals surface area contributed by atoms with Gasteiger partial charge in [-0.2, -0.15) is 0 Å². The standard InChI is InChI=1S/C29H22O7/c1-33-23-15-13-21(27(30)19-9-5-3-6-10-19)17-25(23)35-29(32)36-26-18-22(14-16-24(26)34-2)28(31)20-11-7-4-8-12-20/h3-18H,1-2H3. The quantitative estimate of drug-likeness (QED) is 0.180. The number of rotatable bonds is 8. The molecule has 0 unspecified atom stereocenters. The molecule has 0 bridgehead atoms. The lowest BCUT2D eigenvalue weighted by molar-refractivity contribution is 0.103. The highest BCUT2D eigenvalue weighted by Crippen LogP contribution is 2.32. The van der Waals surface area contributed by atoms with Gasteiger partial charge in [-0.3, -0.25) is 9.59 Å². The zero-order chi connectivity index (χ0) is 25.5. The fourth-order valence-corrected chi connectivity index (χ4v) is 3.51. The van der Waals surface area contributed by atoms with Crippen molar-refractivity contribution in [2.24, 2.45) is 0 Å². The Bertz CT molecular complexity index is 1290. The first-order valence-corrected chi connectivity index (χ1v) is 11.0. The SMILES string of the molecule is COc1ccc(C(=O)c2ccccc2)cc1OC(=O)Oc1cc(C(=O)c2ccccc2)ccc1OC. The second-order valence-corrected chi connectivity index (χ2v) is 7.58. The van der Waals surface area contributed by atoms with Crippen molar-refractivity contribution in [2.75, 3.05) is 14.2 Å². The van der Waals surface area contributed by atoms with Crippen molar-refractivity contribution >= 4 is 17.7 Å². The number of carbonyl (C=O) groups excluding carboxylic acids is 3. The molecule has 0 fully saturated rings. The zero-order valence-electron chi connectivity index (χ0n) is 19.6. The number of benzene rings is 4. The van der Waals surface area contributed by atoms with Crippen LogP contribution in [-0.4, -0.2) is 31.9 Å². The number of hydrogen-bond acceptors (Lipinski definition) is 7. The first-order valence-electron chi connectivity index (χ1n) is 11.0. The molecule has 0 saturated heterocycles. The molecular formula is C29H22O7. The van der Waals surface area contributed by atoms with E-state index in [0.717, 1.165) is 0 Å². The minimum atomic E-state index is -1.10. The van der Waals surface area contributed by atoms with Crippen molar-refractivity contribution in [3.8, 4) is 23.0 Å². The number of ether oxygens (including phenoxy) is 4. The normalized spacial score (nSPS) is 10.3. The number of hydrogen-bond donors (Lipinski definition) is 0. The molecule has 0 heterocycles. The third-order valence-electron chi connectivity index (χ3n) is 5.31. The summed E-state index contributed by atoms with van der Waals surface area (Å²) < 4.78 is 21.3. The molecule has 0 radical (unpaired) electrons. The molecule has 180 valence electrons. The van der Waals surface area contributed by atoms with Crippen LogP contribution >= 0.6 is 0 Å². The van der Waals surface area contributed by atoms with Crippen LogP contribution in [0.15, 0.2) is 97.1 Å². The van der Waals surface area contributed by atoms with Crippen molar-refractivity contribution in [3.05, 3.63) is 119 Å². The molecule has 0 aliphatic carbocycles. The van der Waals surface area contributed by atoms with Crippen LogP contribution in [0.2, 0.25) is 0 Å². The smallest absolute Gasteiger partial charge is 0.493 e. The van der Waals surface area contributed by atoms with Gasteiger partial charge < -0.3 is 18.9 Å². The van der Waals surface area contributed by atoms with Gasteiger partial charge in [0.15, 0.2) is 34.6 Å². The molecule has 0 aliphatic heterocycles. The van der Waals surface area contributed by atoms with Gasteiger partial charge in [0.05, 0.1) is 14.2 Å². The average molecular weight is 482 g/mol. The van der Waals surface area contributed by atoms with Crippen LogP contribution < -0.4 is 18.9 Å². The highest BCUT2D eigenvalue weighted by molar-refractivity contribution is 6.10. The van der Waals surface area contributed by atoms with Gasteiger partial charge in [-0.1, -0.05) is 60.7 Å². The zero-order valence-corrected chi connectivity index (χ0v) is 19.6. The summed E-state index contributed by atoms with van der Waals surface area (Å²) in [7, 11) is 2.82. The van der Waals surface area contributed by atoms with Gasteiger partial charge in [-0.25, -0.2) is 4.79 Å². The molecule has 0 amide bonds. The Balaban J connectivity index is 1.57. The van der Waals surface area contributed by atoms with E-state index >= 15 is 0 Å². The fourth-order valence-electron chi connectivity index (χ4n) is 3.51. The molecule has 7 nitrogen and oxygen atoms in total. The van der Waals surface area contributed by atoms with Gasteiger partial charge in [0, 0.05) is 22.3 Å². The Morgan fingerprint density at radius 3 is 1.22 bits per heavy atom. The van der Waals surface area contributed by atoms with Crippen molar-refractivity contribution in [1.82, 2.24) is 0 Å². The number of ketones is 2. The van der Waals surface area contributed by atoms with Crippen LogP contribution in [0.1, 0.15) is 31.8 Å². The maximum atomic E-state index is 12.8. The van der Waals surface area contributed by atoms with Gasteiger partial charge in [0.2, 0.25) is 0 Å². The first kappa shape index (κ1) is 24.2. The van der Waals surface area contributed by atoms with Crippen molar-refractivity contribution in [2.45, 2.75) is 0 Å². The van der Waals surface area contributed by atoms with Gasteiger partial charge in [-0.05, 0) is 36.4 Å². The van der Waals surface area contributed by atoms with E-state index in [1.54, 1.807) is 60.7 Å². The largest absolute Gasteiger partial charge is 0.519 e. The highest BCUT2D eigenvalue weighted by atomic mass is 16.7. The van der Waals surface area contributed by atoms with E-state index < -0.39 is 6.16 Å². The van der Waals surface area contributed by atoms with E-state index in [0.29, 0.717) is 22.3 Å². The molecule has 7 heteroatoms. The predicted octanol–water partition coefficient (Wildman–Crippen LogP) is 5.74. The highest BCUT2D eigenvalue weighted by Gasteiger charge is 2.20. The summed E-state index contributed by atoms with van der Waals surface area (Å²) in [5.41, 5.74) is 1.58. The Kier molecular flexibility index (Phi) is 7.41. The summed E-state index contributed by atoms with van der Waals surface area (Å²) in [4.78, 5) is 38.3. The lowest BCUT2D eigenvalue weighted by Gasteiger charge is -2.13. The topological polar surface area (TPSA) is 88.1 Å². The summed E-state index contributed by atoms with van der Waals surface area (Å²) in [5.74, 6) is -0.0249. The molecule has 36 heavy (non-hydrogen) atoms. The van der Waals surface area contributed by atoms with Gasteiger partial charge in [0.1, 0.15) is 0 Å². The number of carbonyl (C=O) groups is 3. The molecule has 0 atom stereocenters. The van der Waals surface area contributed by atoms with Crippen LogP contribution in [-0.2, 0) is 0 Å². The van der Waals surface area contributed by atoms with E-state index in [9.17, 15) is 14.4 Å². The minimum absolute atomic E-state index is 0.000218. The van der Waals surface area contributed by atoms with Crippen molar-refractivity contribution in [3.63, 3.8) is 0 Å². The lowest BCUT2D eigenvalue weighted by Crippen LogP contribution is -2.16. The fraction of sp³-hybridized carbons (Fsp3) is 0.0690. The molecule has 0 aliphatic rings. The molecule has 4 rings (SSSR count). The Morgan fingerprint density at radius 2 is 0.861 bits per heavy atom. The Morgan fingerprint density at radius 1 is 0.472 bits per heavy atom. The Labute approximate surface area is 207 Å². The summed E-state index contributed by atoms with van der Waals surface area (Å²) in [6.45, 7) is 0. The van der Waals surface area contributed by atoms with E-state index in [1.807, 2.05) is 12.1 Å². The third-order valence-corrected chi connectivity index (χ3v) is 5.31. The third kappa shape index (κ3) is 5.42. The summed E-state index contributed by atoms with van der Waals surface area (Å²) in [6.07, 6.45) is -1.10. The second kappa shape index (κ2) is 11.0. The monoisotopic (exact) mass is 482 g/mol. The number of methoxy groups -OCH3 is 2. The Hall–Kier alpha value is -4.91. The summed E-state index contributed by atoms with van der Waals surface area (Å²) in [6, 6.07) is 26.4. The van der Waals surface area contributed by atoms with Gasteiger partial charge in [-0.15, -0.1) is 0 Å². The van der Waals surface area contributed by atoms with Gasteiger partial charge >= 0.3 is 6.16 Å². The second-order valence-electron chi connectivity index (χ2n) is 7.58. The van der Waals surface area contributed by atoms with E-state index in [4.69, 9.17) is 18.9 Å². The molecule has 0 N–H and O–H groups in total. The van der Waals surface area contributed by atoms with Crippen molar-refractivity contribution in [1.29, 1.82) is 0 Å². The molecule has 0 aromatic heterocycles. The molecule has 4 aromatic carbocycles. The van der Waals surface area contributed by atoms with Crippen LogP contribution in [0, 0.1) is 0 Å². The maximum absolute atomic E-state index is 12.8. The van der Waals surface area contributed by atoms with E-state index in [2.05, 4.69) is 0 Å². The van der Waals surface area contributed by atoms with Crippen molar-refractivity contribution < 1.29 is 33.3 Å². The summed E-state index contributed by atoms with van der Waals surface area (Å²) >= 11 is 0. The van der Waals surface area contributed by atoms with Crippen LogP contribution in [0.3, 0.4) is 0 Å². The van der Waals surface area contributed by atoms with Crippen LogP contribution in [0.4, 0.5) is 4.79 Å². The minimum Gasteiger partial charge on any atom is -0.493 e. The first-order chi connectivity index (χ1) is 17.5. The maximum Gasteiger partial charge on any atom is 0.519 e. The van der Waals surface area contributed by atoms with Gasteiger partial charge in [0.25, 0.3) is 0 Å².